The van der Waals surface area contributed by atoms with E-state index >= 15 is 8.78 Å². The van der Waals surface area contributed by atoms with E-state index in [4.69, 9.17) is 16.6 Å². The molecule has 1 fully saturated rings. The van der Waals surface area contributed by atoms with Crippen LogP contribution in [0.1, 0.15) is 92.3 Å². The number of alkyl halides is 7. The summed E-state index contributed by atoms with van der Waals surface area (Å²) >= 11 is 9.35. The first-order valence-corrected chi connectivity index (χ1v) is 21.4. The number of hydrogen-bond acceptors (Lipinski definition) is 7. The molecule has 2 aliphatic rings. The largest absolute Gasteiger partial charge is 0.408 e. The zero-order valence-electron chi connectivity index (χ0n) is 32.8. The van der Waals surface area contributed by atoms with Crippen LogP contribution in [0.15, 0.2) is 42.5 Å². The van der Waals surface area contributed by atoms with Gasteiger partial charge in [-0.3, -0.25) is 14.2 Å². The zero-order valence-corrected chi connectivity index (χ0v) is 35.2. The maximum Gasteiger partial charge on any atom is 0.408 e. The SMILES string of the molecule is CSNc1nn(CC(F)(F)F)c2c(-c3ccc(C#CC(C)(C)SC4CC4)nc3C(Cc3cc(F)cc(F)c3)NC(=O)Cn3nc(C(F)F)c4c3C(F)(F)C[C@@H]4C)ccc(Cl)c12. The molecule has 2 N–H and O–H groups in total. The summed E-state index contributed by atoms with van der Waals surface area (Å²) < 4.78 is 134. The Bertz CT molecular complexity index is 2540. The molecule has 5 aromatic rings. The van der Waals surface area contributed by atoms with E-state index in [0.29, 0.717) is 16.0 Å². The molecule has 0 saturated heterocycles. The number of carbonyl (C=O) groups excluding carboxylic acids is 1. The fourth-order valence-electron chi connectivity index (χ4n) is 7.62. The zero-order chi connectivity index (χ0) is 44.2. The Morgan fingerprint density at radius 3 is 2.34 bits per heavy atom. The predicted octanol–water partition coefficient (Wildman–Crippen LogP) is 11.1. The molecule has 2 atom stereocenters. The molecule has 20 heteroatoms. The third kappa shape index (κ3) is 9.91. The number of anilines is 1. The summed E-state index contributed by atoms with van der Waals surface area (Å²) in [7, 11) is 0. The lowest BCUT2D eigenvalue weighted by atomic mass is 9.93. The number of nitrogens with one attached hydrogen (secondary N) is 2. The van der Waals surface area contributed by atoms with Gasteiger partial charge >= 0.3 is 6.18 Å². The Labute approximate surface area is 357 Å². The molecular weight excluding hydrogens is 877 g/mol. The van der Waals surface area contributed by atoms with Crippen LogP contribution in [0.4, 0.5) is 45.3 Å². The predicted molar refractivity (Wildman–Crippen MR) is 218 cm³/mol. The highest BCUT2D eigenvalue weighted by atomic mass is 35.5. The van der Waals surface area contributed by atoms with Crippen LogP contribution < -0.4 is 10.0 Å². The number of halogens is 10. The van der Waals surface area contributed by atoms with E-state index in [1.807, 2.05) is 13.8 Å². The molecule has 1 saturated carbocycles. The van der Waals surface area contributed by atoms with Gasteiger partial charge in [0.05, 0.1) is 32.4 Å². The molecule has 324 valence electrons. The summed E-state index contributed by atoms with van der Waals surface area (Å²) in [5.74, 6) is -1.26. The van der Waals surface area contributed by atoms with Gasteiger partial charge in [0.25, 0.3) is 12.3 Å². The van der Waals surface area contributed by atoms with Crippen molar-refractivity contribution < 1.29 is 44.3 Å². The van der Waals surface area contributed by atoms with E-state index < -0.39 is 90.1 Å². The van der Waals surface area contributed by atoms with Crippen LogP contribution in [-0.4, -0.2) is 52.9 Å². The molecule has 0 bridgehead atoms. The summed E-state index contributed by atoms with van der Waals surface area (Å²) in [4.78, 5) is 18.9. The second-order valence-corrected chi connectivity index (χ2v) is 18.4. The average Bonchev–Trinajstić information content (AvgIpc) is 3.66. The number of pyridine rings is 1. The third-order valence-electron chi connectivity index (χ3n) is 10.0. The van der Waals surface area contributed by atoms with E-state index in [9.17, 15) is 35.5 Å². The highest BCUT2D eigenvalue weighted by molar-refractivity contribution is 8.01. The van der Waals surface area contributed by atoms with E-state index in [1.54, 1.807) is 18.0 Å². The Kier molecular flexibility index (Phi) is 12.4. The number of fused-ring (bicyclic) bond motifs is 2. The van der Waals surface area contributed by atoms with Gasteiger partial charge < -0.3 is 10.0 Å². The molecule has 61 heavy (non-hydrogen) atoms. The first-order chi connectivity index (χ1) is 28.6. The van der Waals surface area contributed by atoms with E-state index in [2.05, 4.69) is 32.1 Å². The minimum atomic E-state index is -4.75. The molecule has 3 heterocycles. The van der Waals surface area contributed by atoms with E-state index in [-0.39, 0.29) is 55.4 Å². The van der Waals surface area contributed by atoms with Gasteiger partial charge in [0.1, 0.15) is 41.8 Å². The summed E-state index contributed by atoms with van der Waals surface area (Å²) in [6.45, 7) is 2.72. The van der Waals surface area contributed by atoms with Crippen LogP contribution in [0.2, 0.25) is 5.02 Å². The lowest BCUT2D eigenvalue weighted by Gasteiger charge is -2.23. The maximum absolute atomic E-state index is 15.3. The van der Waals surface area contributed by atoms with Crippen LogP contribution in [0, 0.1) is 23.5 Å². The highest BCUT2D eigenvalue weighted by Crippen LogP contribution is 2.51. The standard InChI is InChI=1S/C41H37ClF9N7OS2/c1-20-17-40(47,48)36-31(20)34(37(45)46)54-57(36)18-30(59)53-29(15-21-13-22(43)16-23(44)14-21)33-26(8-5-24(52-33)11-12-39(2,3)61-25-6-7-25)27-9-10-28(42)32-35(27)58(19-41(49,50)51)55-38(32)56-60-4/h5,8-10,13-14,16,20,25,29,37H,6-7,15,17-19H2,1-4H3,(H,53,59)(H,55,56)/t20-,29?/m0/s1. The molecule has 8 nitrogen and oxygen atoms in total. The van der Waals surface area contributed by atoms with Gasteiger partial charge in [-0.2, -0.15) is 32.1 Å². The molecular formula is C41H37ClF9N7OS2. The van der Waals surface area contributed by atoms with Crippen molar-refractivity contribution in [3.63, 3.8) is 0 Å². The van der Waals surface area contributed by atoms with Crippen molar-refractivity contribution in [3.8, 4) is 23.0 Å². The van der Waals surface area contributed by atoms with Crippen molar-refractivity contribution in [2.24, 2.45) is 0 Å². The lowest BCUT2D eigenvalue weighted by molar-refractivity contribution is -0.141. The number of carbonyl (C=O) groups is 1. The molecule has 0 aliphatic heterocycles. The number of nitrogens with zero attached hydrogens (tertiary/aromatic N) is 5. The number of thioether (sulfide) groups is 1. The summed E-state index contributed by atoms with van der Waals surface area (Å²) in [6, 6.07) is 7.15. The number of rotatable bonds is 13. The average molecular weight is 914 g/mol. The number of aromatic nitrogens is 5. The van der Waals surface area contributed by atoms with Gasteiger partial charge in [-0.05, 0) is 80.8 Å². The van der Waals surface area contributed by atoms with Gasteiger partial charge in [0, 0.05) is 40.7 Å². The molecule has 1 unspecified atom stereocenters. The van der Waals surface area contributed by atoms with Crippen LogP contribution in [0.5, 0.6) is 0 Å². The topological polar surface area (TPSA) is 89.7 Å². The monoisotopic (exact) mass is 913 g/mol. The molecule has 3 aromatic heterocycles. The Balaban J connectivity index is 1.41. The number of amides is 1. The quantitative estimate of drug-likeness (QED) is 0.0691. The smallest absolute Gasteiger partial charge is 0.346 e. The lowest BCUT2D eigenvalue weighted by Crippen LogP contribution is -2.35. The Morgan fingerprint density at radius 1 is 1.02 bits per heavy atom. The first kappa shape index (κ1) is 44.5. The van der Waals surface area contributed by atoms with Gasteiger partial charge in [0.2, 0.25) is 5.91 Å². The summed E-state index contributed by atoms with van der Waals surface area (Å²) in [5.41, 5.74) is -1.77. The first-order valence-electron chi connectivity index (χ1n) is 18.9. The third-order valence-corrected chi connectivity index (χ3v) is 12.2. The molecule has 1 amide bonds. The Hall–Kier alpha value is -4.54. The molecule has 0 spiro atoms. The van der Waals surface area contributed by atoms with Crippen LogP contribution in [-0.2, 0) is 30.2 Å². The number of benzene rings is 2. The van der Waals surface area contributed by atoms with Crippen LogP contribution in [0.3, 0.4) is 0 Å². The van der Waals surface area contributed by atoms with Gasteiger partial charge in [-0.25, -0.2) is 22.5 Å². The minimum Gasteiger partial charge on any atom is -0.346 e. The van der Waals surface area contributed by atoms with Gasteiger partial charge in [-0.15, -0.1) is 11.8 Å². The van der Waals surface area contributed by atoms with Crippen molar-refractivity contribution in [1.29, 1.82) is 0 Å². The molecule has 2 aromatic carbocycles. The highest BCUT2D eigenvalue weighted by Gasteiger charge is 2.50. The van der Waals surface area contributed by atoms with Crippen molar-refractivity contribution in [3.05, 3.63) is 93.0 Å². The van der Waals surface area contributed by atoms with Crippen LogP contribution in [0.25, 0.3) is 22.0 Å². The Morgan fingerprint density at radius 2 is 1.70 bits per heavy atom. The molecule has 0 radical (unpaired) electrons. The van der Waals surface area contributed by atoms with Crippen molar-refractivity contribution >= 4 is 57.9 Å². The summed E-state index contributed by atoms with van der Waals surface area (Å²) in [5, 5.41) is 11.2. The van der Waals surface area contributed by atoms with Gasteiger partial charge in [0.15, 0.2) is 5.82 Å². The van der Waals surface area contributed by atoms with E-state index in [0.717, 1.165) is 41.6 Å². The van der Waals surface area contributed by atoms with Crippen molar-refractivity contribution in [1.82, 2.24) is 29.9 Å². The fourth-order valence-corrected chi connectivity index (χ4v) is 9.51. The molecule has 2 aliphatic carbocycles. The molecule has 7 rings (SSSR count). The minimum absolute atomic E-state index is 0.00385. The number of hydrogen-bond donors (Lipinski definition) is 2. The normalized spacial score (nSPS) is 16.7. The second-order valence-electron chi connectivity index (χ2n) is 15.5. The second kappa shape index (κ2) is 17.0. The van der Waals surface area contributed by atoms with Crippen LogP contribution >= 0.6 is 35.3 Å². The maximum atomic E-state index is 15.3. The van der Waals surface area contributed by atoms with Crippen molar-refractivity contribution in [2.75, 3.05) is 11.0 Å². The summed E-state index contributed by atoms with van der Waals surface area (Å²) in [6.07, 6.45) is -5.41. The van der Waals surface area contributed by atoms with Gasteiger partial charge in [-0.1, -0.05) is 42.5 Å². The van der Waals surface area contributed by atoms with Crippen molar-refractivity contribution in [2.45, 2.75) is 100 Å². The fraction of sp³-hybridized carbons (Fsp3) is 0.415. The van der Waals surface area contributed by atoms with E-state index in [1.165, 1.54) is 31.2 Å².